The third kappa shape index (κ3) is 4.09. The Kier molecular flexibility index (Phi) is 5.43. The quantitative estimate of drug-likeness (QED) is 0.818. The monoisotopic (exact) mass is 387 g/mol. The van der Waals surface area contributed by atoms with Crippen LogP contribution in [0, 0.1) is 6.92 Å². The minimum absolute atomic E-state index is 0.00855. The van der Waals surface area contributed by atoms with Gasteiger partial charge in [-0.3, -0.25) is 14.5 Å². The zero-order valence-electron chi connectivity index (χ0n) is 16.0. The van der Waals surface area contributed by atoms with Crippen LogP contribution in [-0.4, -0.2) is 64.0 Å². The first-order valence-corrected chi connectivity index (χ1v) is 9.71. The van der Waals surface area contributed by atoms with E-state index in [1.165, 1.54) is 6.39 Å². The van der Waals surface area contributed by atoms with Gasteiger partial charge in [0.25, 0.3) is 0 Å². The molecule has 2 aromatic heterocycles. The minimum atomic E-state index is -0.471. The van der Waals surface area contributed by atoms with Crippen LogP contribution in [0.2, 0.25) is 0 Å². The second-order valence-electron chi connectivity index (χ2n) is 7.44. The summed E-state index contributed by atoms with van der Waals surface area (Å²) in [6.45, 7) is 4.99. The standard InChI is InChI=1S/C19H25N5O4/c1-13-2-3-15(28-13)11-24-9-6-20-19(26)16(24)10-17(25)23-7-4-14(5-8-23)18-21-12-27-22-18/h2-3,12,14,16H,4-11H2,1H3,(H,20,26)/t16-/m0/s1. The van der Waals surface area contributed by atoms with Gasteiger partial charge in [-0.15, -0.1) is 0 Å². The molecule has 0 radical (unpaired) electrons. The van der Waals surface area contributed by atoms with Gasteiger partial charge in [0.15, 0.2) is 5.82 Å². The molecular weight excluding hydrogens is 362 g/mol. The van der Waals surface area contributed by atoms with E-state index in [4.69, 9.17) is 8.94 Å². The molecule has 0 spiro atoms. The van der Waals surface area contributed by atoms with Crippen molar-refractivity contribution in [3.05, 3.63) is 35.9 Å². The molecule has 150 valence electrons. The lowest BCUT2D eigenvalue weighted by atomic mass is 9.95. The zero-order chi connectivity index (χ0) is 19.5. The number of aromatic nitrogens is 2. The van der Waals surface area contributed by atoms with E-state index in [9.17, 15) is 9.59 Å². The maximum Gasteiger partial charge on any atom is 0.237 e. The Morgan fingerprint density at radius 2 is 2.11 bits per heavy atom. The maximum absolute atomic E-state index is 12.9. The lowest BCUT2D eigenvalue weighted by Gasteiger charge is -2.36. The number of rotatable bonds is 5. The molecule has 0 bridgehead atoms. The largest absolute Gasteiger partial charge is 0.465 e. The first-order chi connectivity index (χ1) is 13.6. The predicted molar refractivity (Wildman–Crippen MR) is 98.1 cm³/mol. The van der Waals surface area contributed by atoms with Crippen molar-refractivity contribution in [1.82, 2.24) is 25.3 Å². The van der Waals surface area contributed by atoms with Gasteiger partial charge in [0.05, 0.1) is 19.0 Å². The molecule has 2 aliphatic heterocycles. The van der Waals surface area contributed by atoms with Gasteiger partial charge in [-0.25, -0.2) is 0 Å². The Bertz CT molecular complexity index is 810. The van der Waals surface area contributed by atoms with Crippen molar-refractivity contribution >= 4 is 11.8 Å². The first kappa shape index (κ1) is 18.7. The number of piperidine rings is 1. The second-order valence-corrected chi connectivity index (χ2v) is 7.44. The molecule has 4 heterocycles. The van der Waals surface area contributed by atoms with E-state index in [1.54, 1.807) is 0 Å². The van der Waals surface area contributed by atoms with Gasteiger partial charge in [0, 0.05) is 32.1 Å². The highest BCUT2D eigenvalue weighted by molar-refractivity contribution is 5.88. The van der Waals surface area contributed by atoms with Crippen LogP contribution in [0.3, 0.4) is 0 Å². The topological polar surface area (TPSA) is 105 Å². The Hall–Kier alpha value is -2.68. The number of carbonyl (C=O) groups is 2. The number of nitrogens with one attached hydrogen (secondary N) is 1. The van der Waals surface area contributed by atoms with Crippen LogP contribution in [0.5, 0.6) is 0 Å². The molecule has 2 saturated heterocycles. The lowest BCUT2D eigenvalue weighted by molar-refractivity contribution is -0.139. The van der Waals surface area contributed by atoms with Gasteiger partial charge in [0.2, 0.25) is 18.2 Å². The molecule has 1 atom stereocenters. The van der Waals surface area contributed by atoms with Crippen molar-refractivity contribution in [3.8, 4) is 0 Å². The maximum atomic E-state index is 12.9. The fourth-order valence-electron chi connectivity index (χ4n) is 3.98. The zero-order valence-corrected chi connectivity index (χ0v) is 16.0. The van der Waals surface area contributed by atoms with Crippen molar-refractivity contribution in [1.29, 1.82) is 0 Å². The third-order valence-electron chi connectivity index (χ3n) is 5.56. The number of furan rings is 1. The van der Waals surface area contributed by atoms with E-state index in [1.807, 2.05) is 28.9 Å². The number of carbonyl (C=O) groups excluding carboxylic acids is 2. The molecule has 2 aliphatic rings. The summed E-state index contributed by atoms with van der Waals surface area (Å²) in [4.78, 5) is 33.3. The molecule has 2 amide bonds. The summed E-state index contributed by atoms with van der Waals surface area (Å²) in [5.41, 5.74) is 0. The van der Waals surface area contributed by atoms with Crippen molar-refractivity contribution in [2.75, 3.05) is 26.2 Å². The van der Waals surface area contributed by atoms with Crippen molar-refractivity contribution < 1.29 is 18.5 Å². The highest BCUT2D eigenvalue weighted by Crippen LogP contribution is 2.26. The third-order valence-corrected chi connectivity index (χ3v) is 5.56. The highest BCUT2D eigenvalue weighted by atomic mass is 16.5. The van der Waals surface area contributed by atoms with Crippen LogP contribution in [0.15, 0.2) is 27.5 Å². The normalized spacial score (nSPS) is 21.7. The molecule has 9 nitrogen and oxygen atoms in total. The molecule has 0 saturated carbocycles. The number of amides is 2. The Balaban J connectivity index is 1.35. The summed E-state index contributed by atoms with van der Waals surface area (Å²) in [7, 11) is 0. The number of nitrogens with zero attached hydrogens (tertiary/aromatic N) is 4. The molecule has 4 rings (SSSR count). The smallest absolute Gasteiger partial charge is 0.237 e. The fourth-order valence-corrected chi connectivity index (χ4v) is 3.98. The van der Waals surface area contributed by atoms with Gasteiger partial charge < -0.3 is 19.2 Å². The predicted octanol–water partition coefficient (Wildman–Crippen LogP) is 1.07. The summed E-state index contributed by atoms with van der Waals surface area (Å²) in [5, 5.41) is 6.78. The van der Waals surface area contributed by atoms with E-state index < -0.39 is 6.04 Å². The SMILES string of the molecule is Cc1ccc(CN2CCNC(=O)[C@@H]2CC(=O)N2CCC(c3ncon3)CC2)o1. The van der Waals surface area contributed by atoms with E-state index in [-0.39, 0.29) is 24.2 Å². The van der Waals surface area contributed by atoms with Crippen LogP contribution in [-0.2, 0) is 16.1 Å². The minimum Gasteiger partial charge on any atom is -0.465 e. The van der Waals surface area contributed by atoms with Crippen LogP contribution >= 0.6 is 0 Å². The number of piperazine rings is 1. The number of hydrogen-bond acceptors (Lipinski definition) is 7. The van der Waals surface area contributed by atoms with Gasteiger partial charge in [-0.05, 0) is 31.9 Å². The van der Waals surface area contributed by atoms with E-state index in [0.717, 1.165) is 24.4 Å². The Morgan fingerprint density at radius 1 is 1.29 bits per heavy atom. The van der Waals surface area contributed by atoms with Crippen molar-refractivity contribution in [2.45, 2.75) is 44.7 Å². The average molecular weight is 387 g/mol. The average Bonchev–Trinajstić information content (AvgIpc) is 3.36. The molecule has 2 aromatic rings. The molecule has 1 N–H and O–H groups in total. The summed E-state index contributed by atoms with van der Waals surface area (Å²) in [5.74, 6) is 2.50. The Morgan fingerprint density at radius 3 is 2.79 bits per heavy atom. The number of hydrogen-bond donors (Lipinski definition) is 1. The molecule has 9 heteroatoms. The van der Waals surface area contributed by atoms with Crippen LogP contribution in [0.4, 0.5) is 0 Å². The lowest BCUT2D eigenvalue weighted by Crippen LogP contribution is -2.56. The molecular formula is C19H25N5O4. The summed E-state index contributed by atoms with van der Waals surface area (Å²) >= 11 is 0. The number of aryl methyl sites for hydroxylation is 1. The second kappa shape index (κ2) is 8.14. The van der Waals surface area contributed by atoms with Crippen LogP contribution in [0.1, 0.15) is 42.5 Å². The number of likely N-dealkylation sites (tertiary alicyclic amines) is 1. The Labute approximate surface area is 163 Å². The van der Waals surface area contributed by atoms with Gasteiger partial charge >= 0.3 is 0 Å². The summed E-state index contributed by atoms with van der Waals surface area (Å²) < 4.78 is 10.5. The summed E-state index contributed by atoms with van der Waals surface area (Å²) in [6.07, 6.45) is 3.12. The van der Waals surface area contributed by atoms with Crippen molar-refractivity contribution in [2.24, 2.45) is 0 Å². The molecule has 2 fully saturated rings. The van der Waals surface area contributed by atoms with E-state index in [2.05, 4.69) is 15.5 Å². The van der Waals surface area contributed by atoms with E-state index >= 15 is 0 Å². The fraction of sp³-hybridized carbons (Fsp3) is 0.579. The first-order valence-electron chi connectivity index (χ1n) is 9.71. The van der Waals surface area contributed by atoms with Crippen LogP contribution in [0.25, 0.3) is 0 Å². The molecule has 0 unspecified atom stereocenters. The van der Waals surface area contributed by atoms with Gasteiger partial charge in [0.1, 0.15) is 11.5 Å². The van der Waals surface area contributed by atoms with Gasteiger partial charge in [-0.1, -0.05) is 5.16 Å². The van der Waals surface area contributed by atoms with Crippen LogP contribution < -0.4 is 5.32 Å². The van der Waals surface area contributed by atoms with E-state index in [0.29, 0.717) is 38.5 Å². The molecule has 0 aromatic carbocycles. The summed E-state index contributed by atoms with van der Waals surface area (Å²) in [6, 6.07) is 3.36. The highest BCUT2D eigenvalue weighted by Gasteiger charge is 2.34. The molecule has 0 aliphatic carbocycles. The van der Waals surface area contributed by atoms with Crippen molar-refractivity contribution in [3.63, 3.8) is 0 Å². The molecule has 28 heavy (non-hydrogen) atoms. The van der Waals surface area contributed by atoms with Gasteiger partial charge in [-0.2, -0.15) is 4.98 Å².